The number of imidazole rings is 1. The molecule has 0 saturated heterocycles. The first-order chi connectivity index (χ1) is 7.77. The maximum absolute atomic E-state index is 4.34. The van der Waals surface area contributed by atoms with Gasteiger partial charge in [-0.3, -0.25) is 0 Å². The van der Waals surface area contributed by atoms with Crippen molar-refractivity contribution >= 4 is 26.8 Å². The summed E-state index contributed by atoms with van der Waals surface area (Å²) in [6, 6.07) is 8.20. The summed E-state index contributed by atoms with van der Waals surface area (Å²) in [7, 11) is 1.99. The van der Waals surface area contributed by atoms with E-state index in [1.54, 1.807) is 6.20 Å². The van der Waals surface area contributed by atoms with Gasteiger partial charge in [-0.05, 0) is 22.0 Å². The van der Waals surface area contributed by atoms with Gasteiger partial charge in [0.2, 0.25) is 0 Å². The number of rotatable bonds is 1. The zero-order valence-electron chi connectivity index (χ0n) is 8.74. The lowest BCUT2D eigenvalue weighted by molar-refractivity contribution is 0.919. The van der Waals surface area contributed by atoms with Crippen LogP contribution in [0.4, 0.5) is 0 Å². The van der Waals surface area contributed by atoms with E-state index in [2.05, 4.69) is 38.0 Å². The van der Waals surface area contributed by atoms with Crippen LogP contribution in [-0.2, 0) is 7.05 Å². The monoisotopic (exact) mass is 275 g/mol. The minimum absolute atomic E-state index is 0.933. The lowest BCUT2D eigenvalue weighted by Gasteiger charge is -1.98. The second-order valence-electron chi connectivity index (χ2n) is 3.72. The molecule has 0 aliphatic rings. The Labute approximate surface area is 101 Å². The highest BCUT2D eigenvalue weighted by molar-refractivity contribution is 9.10. The number of halogens is 1. The molecule has 3 rings (SSSR count). The smallest absolute Gasteiger partial charge is 0.157 e. The topological polar surface area (TPSA) is 33.6 Å². The predicted molar refractivity (Wildman–Crippen MR) is 68.2 cm³/mol. The molecule has 0 bridgehead atoms. The number of hydrogen-bond acceptors (Lipinski definition) is 1. The van der Waals surface area contributed by atoms with Crippen LogP contribution in [0.3, 0.4) is 0 Å². The van der Waals surface area contributed by atoms with Crippen molar-refractivity contribution in [3.8, 4) is 11.5 Å². The van der Waals surface area contributed by atoms with E-state index in [1.165, 1.54) is 5.39 Å². The molecular weight excluding hydrogens is 266 g/mol. The van der Waals surface area contributed by atoms with Gasteiger partial charge in [0.05, 0.1) is 10.2 Å². The van der Waals surface area contributed by atoms with Crippen LogP contribution >= 0.6 is 15.9 Å². The lowest BCUT2D eigenvalue weighted by Crippen LogP contribution is -1.91. The Morgan fingerprint density at radius 2 is 2.12 bits per heavy atom. The van der Waals surface area contributed by atoms with Crippen molar-refractivity contribution in [1.82, 2.24) is 14.5 Å². The molecule has 0 spiro atoms. The molecule has 80 valence electrons. The molecule has 16 heavy (non-hydrogen) atoms. The minimum Gasteiger partial charge on any atom is -0.351 e. The van der Waals surface area contributed by atoms with Gasteiger partial charge in [-0.1, -0.05) is 18.2 Å². The van der Waals surface area contributed by atoms with Crippen LogP contribution in [0.15, 0.2) is 41.1 Å². The first kappa shape index (κ1) is 9.66. The van der Waals surface area contributed by atoms with Gasteiger partial charge >= 0.3 is 0 Å². The fourth-order valence-corrected chi connectivity index (χ4v) is 2.49. The van der Waals surface area contributed by atoms with Crippen molar-refractivity contribution < 1.29 is 0 Å². The highest BCUT2D eigenvalue weighted by Gasteiger charge is 2.13. The number of benzene rings is 1. The minimum atomic E-state index is 0.933. The summed E-state index contributed by atoms with van der Waals surface area (Å²) >= 11 is 3.62. The van der Waals surface area contributed by atoms with Crippen LogP contribution < -0.4 is 0 Å². The average Bonchev–Trinajstić information content (AvgIpc) is 2.84. The largest absolute Gasteiger partial charge is 0.351 e. The summed E-state index contributed by atoms with van der Waals surface area (Å²) in [6.45, 7) is 0. The number of hydrogen-bond donors (Lipinski definition) is 1. The molecule has 2 aromatic heterocycles. The summed E-state index contributed by atoms with van der Waals surface area (Å²) in [5, 5.41) is 1.18. The molecule has 3 aromatic rings. The Balaban J connectivity index is 2.33. The van der Waals surface area contributed by atoms with Crippen LogP contribution in [-0.4, -0.2) is 14.5 Å². The number of aromatic nitrogens is 3. The summed E-state index contributed by atoms with van der Waals surface area (Å²) < 4.78 is 3.06. The van der Waals surface area contributed by atoms with E-state index in [0.717, 1.165) is 21.5 Å². The maximum atomic E-state index is 4.34. The molecule has 3 nitrogen and oxygen atoms in total. The van der Waals surface area contributed by atoms with Crippen LogP contribution in [0.5, 0.6) is 0 Å². The fraction of sp³-hybridized carbons (Fsp3) is 0.0833. The van der Waals surface area contributed by atoms with E-state index >= 15 is 0 Å². The van der Waals surface area contributed by atoms with E-state index in [4.69, 9.17) is 0 Å². The molecule has 0 aliphatic heterocycles. The van der Waals surface area contributed by atoms with Crippen molar-refractivity contribution in [2.24, 2.45) is 7.05 Å². The molecule has 0 aliphatic carbocycles. The van der Waals surface area contributed by atoms with Crippen molar-refractivity contribution in [2.75, 3.05) is 0 Å². The quantitative estimate of drug-likeness (QED) is 0.726. The maximum Gasteiger partial charge on any atom is 0.157 e. The van der Waals surface area contributed by atoms with Crippen LogP contribution in [0, 0.1) is 0 Å². The Bertz CT molecular complexity index is 651. The van der Waals surface area contributed by atoms with Crippen molar-refractivity contribution in [1.29, 1.82) is 0 Å². The summed E-state index contributed by atoms with van der Waals surface area (Å²) in [5.74, 6) is 0.933. The van der Waals surface area contributed by atoms with E-state index in [1.807, 2.05) is 29.9 Å². The summed E-state index contributed by atoms with van der Waals surface area (Å²) in [6.07, 6.45) is 3.74. The van der Waals surface area contributed by atoms with Gasteiger partial charge in [-0.2, -0.15) is 0 Å². The third kappa shape index (κ3) is 1.30. The molecule has 0 amide bonds. The van der Waals surface area contributed by atoms with Crippen molar-refractivity contribution in [2.45, 2.75) is 0 Å². The third-order valence-corrected chi connectivity index (χ3v) is 3.51. The number of aryl methyl sites for hydroxylation is 1. The molecule has 0 radical (unpaired) electrons. The van der Waals surface area contributed by atoms with Gasteiger partial charge in [-0.25, -0.2) is 4.98 Å². The van der Waals surface area contributed by atoms with Gasteiger partial charge in [0.15, 0.2) is 5.82 Å². The van der Waals surface area contributed by atoms with Gasteiger partial charge in [0.25, 0.3) is 0 Å². The normalized spacial score (nSPS) is 11.1. The number of aromatic amines is 1. The number of H-pyrrole nitrogens is 1. The molecule has 0 saturated carbocycles. The molecule has 2 heterocycles. The number of para-hydroxylation sites is 1. The molecule has 0 fully saturated rings. The lowest BCUT2D eigenvalue weighted by atomic mass is 10.2. The Kier molecular flexibility index (Phi) is 2.11. The zero-order chi connectivity index (χ0) is 11.1. The molecule has 0 unspecified atom stereocenters. The van der Waals surface area contributed by atoms with Gasteiger partial charge in [-0.15, -0.1) is 0 Å². The van der Waals surface area contributed by atoms with E-state index in [9.17, 15) is 0 Å². The average molecular weight is 276 g/mol. The molecule has 0 atom stereocenters. The highest BCUT2D eigenvalue weighted by Crippen LogP contribution is 2.33. The third-order valence-electron chi connectivity index (χ3n) is 2.69. The van der Waals surface area contributed by atoms with Gasteiger partial charge in [0, 0.05) is 30.3 Å². The molecule has 4 heteroatoms. The summed E-state index contributed by atoms with van der Waals surface area (Å²) in [4.78, 5) is 7.72. The highest BCUT2D eigenvalue weighted by atomic mass is 79.9. The van der Waals surface area contributed by atoms with E-state index in [0.29, 0.717) is 0 Å². The van der Waals surface area contributed by atoms with Crippen molar-refractivity contribution in [3.05, 3.63) is 41.1 Å². The Hall–Kier alpha value is -1.55. The van der Waals surface area contributed by atoms with E-state index < -0.39 is 0 Å². The first-order valence-electron chi connectivity index (χ1n) is 5.01. The Morgan fingerprint density at radius 1 is 1.31 bits per heavy atom. The molecule has 1 N–H and O–H groups in total. The standard InChI is InChI=1S/C12H10BrN3/c1-16-7-6-14-12(16)11-10(13)8-4-2-3-5-9(8)15-11/h2-7,15H,1H3. The van der Waals surface area contributed by atoms with Crippen LogP contribution in [0.25, 0.3) is 22.4 Å². The zero-order valence-corrected chi connectivity index (χ0v) is 10.3. The number of nitrogens with zero attached hydrogens (tertiary/aromatic N) is 2. The second-order valence-corrected chi connectivity index (χ2v) is 4.51. The first-order valence-corrected chi connectivity index (χ1v) is 5.80. The van der Waals surface area contributed by atoms with Gasteiger partial charge < -0.3 is 9.55 Å². The molecule has 1 aromatic carbocycles. The molecular formula is C12H10BrN3. The number of nitrogens with one attached hydrogen (secondary N) is 1. The summed E-state index contributed by atoms with van der Waals surface area (Å²) in [5.41, 5.74) is 2.14. The number of fused-ring (bicyclic) bond motifs is 1. The fourth-order valence-electron chi connectivity index (χ4n) is 1.87. The van der Waals surface area contributed by atoms with Gasteiger partial charge in [0.1, 0.15) is 0 Å². The Morgan fingerprint density at radius 3 is 2.81 bits per heavy atom. The predicted octanol–water partition coefficient (Wildman–Crippen LogP) is 3.33. The SMILES string of the molecule is Cn1ccnc1-c1[nH]c2ccccc2c1Br. The van der Waals surface area contributed by atoms with Crippen LogP contribution in [0.1, 0.15) is 0 Å². The van der Waals surface area contributed by atoms with Crippen LogP contribution in [0.2, 0.25) is 0 Å². The second kappa shape index (κ2) is 3.49. The van der Waals surface area contributed by atoms with Crippen molar-refractivity contribution in [3.63, 3.8) is 0 Å². The van der Waals surface area contributed by atoms with E-state index in [-0.39, 0.29) is 0 Å².